The molecule has 2 N–H and O–H groups in total. The Hall–Kier alpha value is -2.13. The maximum atomic E-state index is 13.7. The fourth-order valence-electron chi connectivity index (χ4n) is 4.43. The number of hydrogen-bond donors (Lipinski definition) is 2. The van der Waals surface area contributed by atoms with Crippen LogP contribution in [0.1, 0.15) is 93.6 Å². The van der Waals surface area contributed by atoms with Gasteiger partial charge in [-0.2, -0.15) is 0 Å². The summed E-state index contributed by atoms with van der Waals surface area (Å²) in [7, 11) is 0. The highest BCUT2D eigenvalue weighted by molar-refractivity contribution is 7.15. The minimum atomic E-state index is -1.01. The normalized spacial score (nSPS) is 24.3. The minimum absolute atomic E-state index is 0.0526. The molecule has 3 rings (SSSR count). The Bertz CT molecular complexity index is 897. The van der Waals surface area contributed by atoms with E-state index < -0.39 is 5.97 Å². The first-order chi connectivity index (χ1) is 14.5. The van der Waals surface area contributed by atoms with Crippen LogP contribution >= 0.6 is 11.3 Å². The summed E-state index contributed by atoms with van der Waals surface area (Å²) in [5.74, 6) is 5.93. The van der Waals surface area contributed by atoms with Gasteiger partial charge in [-0.1, -0.05) is 18.8 Å². The zero-order chi connectivity index (χ0) is 22.8. The molecule has 31 heavy (non-hydrogen) atoms. The zero-order valence-electron chi connectivity index (χ0n) is 19.1. The van der Waals surface area contributed by atoms with E-state index in [9.17, 15) is 14.7 Å². The van der Waals surface area contributed by atoms with Gasteiger partial charge >= 0.3 is 5.97 Å². The molecule has 0 aliphatic heterocycles. The summed E-state index contributed by atoms with van der Waals surface area (Å²) in [5, 5.41) is 17.9. The van der Waals surface area contributed by atoms with Crippen LogP contribution in [0.25, 0.3) is 0 Å². The zero-order valence-corrected chi connectivity index (χ0v) is 19.9. The molecule has 2 aliphatic carbocycles. The molecule has 0 aromatic carbocycles. The van der Waals surface area contributed by atoms with Crippen LogP contribution in [0, 0.1) is 34.5 Å². The van der Waals surface area contributed by atoms with Crippen molar-refractivity contribution in [2.75, 3.05) is 4.90 Å². The topological polar surface area (TPSA) is 81.5 Å². The number of amides is 1. The van der Waals surface area contributed by atoms with E-state index in [4.69, 9.17) is 5.41 Å². The Morgan fingerprint density at radius 1 is 1.13 bits per heavy atom. The van der Waals surface area contributed by atoms with Crippen LogP contribution in [0.4, 0.5) is 5.69 Å². The predicted molar refractivity (Wildman–Crippen MR) is 126 cm³/mol. The second-order valence-corrected chi connectivity index (χ2v) is 11.2. The molecule has 1 amide bonds. The highest BCUT2D eigenvalue weighted by atomic mass is 32.1. The second kappa shape index (κ2) is 9.56. The molecule has 2 saturated carbocycles. The SMILES string of the molecule is CC1CCC(C(=O)N(c2cc(C#CC(C)(C)C)sc2C(=O)O)C2CCC(=N)CC2)CC1. The molecule has 2 aliphatic rings. The van der Waals surface area contributed by atoms with E-state index >= 15 is 0 Å². The number of carboxylic acid groups (broad SMARTS) is 1. The van der Waals surface area contributed by atoms with Crippen LogP contribution in [0.5, 0.6) is 0 Å². The molecule has 6 heteroatoms. The van der Waals surface area contributed by atoms with Crippen LogP contribution in [-0.2, 0) is 4.79 Å². The van der Waals surface area contributed by atoms with E-state index in [0.717, 1.165) is 42.7 Å². The Morgan fingerprint density at radius 2 is 1.74 bits per heavy atom. The van der Waals surface area contributed by atoms with Crippen molar-refractivity contribution in [2.24, 2.45) is 17.3 Å². The van der Waals surface area contributed by atoms with Crippen molar-refractivity contribution in [3.05, 3.63) is 15.8 Å². The summed E-state index contributed by atoms with van der Waals surface area (Å²) in [6.07, 6.45) is 6.56. The van der Waals surface area contributed by atoms with Crippen molar-refractivity contribution in [1.82, 2.24) is 0 Å². The summed E-state index contributed by atoms with van der Waals surface area (Å²) in [6, 6.07) is 1.74. The summed E-state index contributed by atoms with van der Waals surface area (Å²) < 4.78 is 0. The largest absolute Gasteiger partial charge is 0.477 e. The molecule has 168 valence electrons. The lowest BCUT2D eigenvalue weighted by atomic mass is 9.81. The van der Waals surface area contributed by atoms with Gasteiger partial charge in [-0.05, 0) is 84.1 Å². The maximum Gasteiger partial charge on any atom is 0.348 e. The molecule has 0 spiro atoms. The second-order valence-electron chi connectivity index (χ2n) is 10.1. The minimum Gasteiger partial charge on any atom is -0.477 e. The van der Waals surface area contributed by atoms with Crippen molar-refractivity contribution < 1.29 is 14.7 Å². The van der Waals surface area contributed by atoms with Crippen molar-refractivity contribution in [3.63, 3.8) is 0 Å². The first kappa shape index (κ1) is 23.5. The summed E-state index contributed by atoms with van der Waals surface area (Å²) in [5.41, 5.74) is 1.03. The molecule has 2 fully saturated rings. The molecule has 0 unspecified atom stereocenters. The Kier molecular flexibility index (Phi) is 7.26. The summed E-state index contributed by atoms with van der Waals surface area (Å²) in [6.45, 7) is 8.28. The molecule has 1 heterocycles. The van der Waals surface area contributed by atoms with Crippen LogP contribution < -0.4 is 4.90 Å². The van der Waals surface area contributed by atoms with Gasteiger partial charge in [0, 0.05) is 23.1 Å². The molecule has 0 atom stereocenters. The van der Waals surface area contributed by atoms with Gasteiger partial charge < -0.3 is 15.4 Å². The van der Waals surface area contributed by atoms with Crippen molar-refractivity contribution >= 4 is 34.6 Å². The Balaban J connectivity index is 2.00. The fourth-order valence-corrected chi connectivity index (χ4v) is 5.27. The molecule has 5 nitrogen and oxygen atoms in total. The lowest BCUT2D eigenvalue weighted by molar-refractivity contribution is -0.124. The molecule has 0 radical (unpaired) electrons. The summed E-state index contributed by atoms with van der Waals surface area (Å²) in [4.78, 5) is 28.5. The van der Waals surface area contributed by atoms with Gasteiger partial charge in [0.1, 0.15) is 4.88 Å². The van der Waals surface area contributed by atoms with E-state index in [1.807, 2.05) is 20.8 Å². The van der Waals surface area contributed by atoms with Crippen molar-refractivity contribution in [3.8, 4) is 11.8 Å². The fraction of sp³-hybridized carbons (Fsp3) is 0.640. The molecule has 0 bridgehead atoms. The van der Waals surface area contributed by atoms with E-state index in [-0.39, 0.29) is 28.2 Å². The molecule has 0 saturated heterocycles. The van der Waals surface area contributed by atoms with Gasteiger partial charge in [-0.15, -0.1) is 11.3 Å². The number of carboxylic acids is 1. The highest BCUT2D eigenvalue weighted by Crippen LogP contribution is 2.38. The quantitative estimate of drug-likeness (QED) is 0.564. The van der Waals surface area contributed by atoms with Crippen molar-refractivity contribution in [2.45, 2.75) is 85.1 Å². The molecular formula is C25H34N2O3S. The van der Waals surface area contributed by atoms with E-state index in [0.29, 0.717) is 42.2 Å². The Morgan fingerprint density at radius 3 is 2.29 bits per heavy atom. The smallest absolute Gasteiger partial charge is 0.348 e. The van der Waals surface area contributed by atoms with E-state index in [1.165, 1.54) is 0 Å². The number of carbonyl (C=O) groups is 2. The number of aromatic carboxylic acids is 1. The van der Waals surface area contributed by atoms with Crippen LogP contribution in [0.3, 0.4) is 0 Å². The average Bonchev–Trinajstić information content (AvgIpc) is 3.12. The number of hydrogen-bond acceptors (Lipinski definition) is 4. The van der Waals surface area contributed by atoms with Crippen LogP contribution in [0.15, 0.2) is 6.07 Å². The third kappa shape index (κ3) is 5.98. The van der Waals surface area contributed by atoms with Crippen molar-refractivity contribution in [1.29, 1.82) is 5.41 Å². The number of carbonyl (C=O) groups excluding carboxylic acids is 1. The van der Waals surface area contributed by atoms with Gasteiger partial charge in [-0.25, -0.2) is 4.79 Å². The monoisotopic (exact) mass is 442 g/mol. The lowest BCUT2D eigenvalue weighted by Crippen LogP contribution is -2.46. The Labute approximate surface area is 189 Å². The number of anilines is 1. The predicted octanol–water partition coefficient (Wildman–Crippen LogP) is 5.97. The van der Waals surface area contributed by atoms with Crippen LogP contribution in [-0.4, -0.2) is 28.7 Å². The van der Waals surface area contributed by atoms with Gasteiger partial charge in [0.05, 0.1) is 10.6 Å². The number of nitrogens with zero attached hydrogens (tertiary/aromatic N) is 1. The maximum absolute atomic E-state index is 13.7. The molecular weight excluding hydrogens is 408 g/mol. The van der Waals surface area contributed by atoms with Gasteiger partial charge in [0.25, 0.3) is 0 Å². The standard InChI is InChI=1S/C25H34N2O3S/c1-16-5-7-17(8-6-16)23(28)27(19-11-9-18(26)10-12-19)21-15-20(13-14-25(2,3)4)31-22(21)24(29)30/h15-17,19,26H,5-12H2,1-4H3,(H,29,30). The highest BCUT2D eigenvalue weighted by Gasteiger charge is 2.36. The number of nitrogens with one attached hydrogen (secondary N) is 1. The van der Waals surface area contributed by atoms with E-state index in [1.54, 1.807) is 11.0 Å². The third-order valence-corrected chi connectivity index (χ3v) is 7.28. The summed E-state index contributed by atoms with van der Waals surface area (Å²) >= 11 is 1.16. The molecule has 1 aromatic rings. The average molecular weight is 443 g/mol. The van der Waals surface area contributed by atoms with Gasteiger partial charge in [0.2, 0.25) is 5.91 Å². The van der Waals surface area contributed by atoms with Crippen LogP contribution in [0.2, 0.25) is 0 Å². The number of rotatable bonds is 4. The third-order valence-electron chi connectivity index (χ3n) is 6.25. The van der Waals surface area contributed by atoms with Gasteiger partial charge in [-0.3, -0.25) is 4.79 Å². The first-order valence-electron chi connectivity index (χ1n) is 11.3. The molecule has 1 aromatic heterocycles. The van der Waals surface area contributed by atoms with Gasteiger partial charge in [0.15, 0.2) is 0 Å². The van der Waals surface area contributed by atoms with E-state index in [2.05, 4.69) is 18.8 Å². The number of thiophene rings is 1. The lowest BCUT2D eigenvalue weighted by Gasteiger charge is -2.38. The first-order valence-corrected chi connectivity index (χ1v) is 12.2.